The first-order valence-electron chi connectivity index (χ1n) is 23.4. The number of hydrogen-bond acceptors (Lipinski definition) is 11. The largest absolute Gasteiger partial charge is 0.494 e. The zero-order valence-electron chi connectivity index (χ0n) is 40.7. The molecule has 3 N–H and O–H groups in total. The van der Waals surface area contributed by atoms with Crippen LogP contribution < -0.4 is 20.1 Å². The van der Waals surface area contributed by atoms with E-state index in [1.54, 1.807) is 53.8 Å². The van der Waals surface area contributed by atoms with Gasteiger partial charge in [0.25, 0.3) is 5.91 Å². The fraction of sp³-hybridized carbons (Fsp3) is 0.509. The predicted octanol–water partition coefficient (Wildman–Crippen LogP) is 8.90. The van der Waals surface area contributed by atoms with Crippen molar-refractivity contribution < 1.29 is 38.5 Å². The lowest BCUT2D eigenvalue weighted by molar-refractivity contribution is -0.164. The van der Waals surface area contributed by atoms with E-state index >= 15 is 0 Å². The van der Waals surface area contributed by atoms with Gasteiger partial charge in [0.1, 0.15) is 36.3 Å². The number of likely N-dealkylation sites (tertiary alicyclic amines) is 1. The Bertz CT molecular complexity index is 2440. The molecular formula is C53H66ClN5O8S. The van der Waals surface area contributed by atoms with E-state index in [2.05, 4.69) is 49.4 Å². The van der Waals surface area contributed by atoms with Crippen LogP contribution >= 0.6 is 22.9 Å². The minimum absolute atomic E-state index is 0.0240. The van der Waals surface area contributed by atoms with E-state index < -0.39 is 35.4 Å². The van der Waals surface area contributed by atoms with E-state index in [1.807, 2.05) is 64.4 Å². The molecule has 1 saturated heterocycles. The maximum Gasteiger partial charge on any atom is 0.251 e. The lowest BCUT2D eigenvalue weighted by Crippen LogP contribution is -2.74. The number of carbonyl (C=O) groups is 4. The average Bonchev–Trinajstić information content (AvgIpc) is 3.92. The molecule has 4 aromatic rings. The first kappa shape index (κ1) is 52.0. The number of benzene rings is 3. The third-order valence-electron chi connectivity index (χ3n) is 13.3. The van der Waals surface area contributed by atoms with Crippen LogP contribution in [-0.2, 0) is 25.5 Å². The molecule has 0 radical (unpaired) electrons. The van der Waals surface area contributed by atoms with Crippen LogP contribution in [0.5, 0.6) is 11.5 Å². The van der Waals surface area contributed by atoms with E-state index in [0.29, 0.717) is 47.1 Å². The van der Waals surface area contributed by atoms with Crippen molar-refractivity contribution in [2.75, 3.05) is 19.8 Å². The number of nitrogens with zero attached hydrogens (tertiary/aromatic N) is 3. The third kappa shape index (κ3) is 12.5. The Morgan fingerprint density at radius 1 is 1.00 bits per heavy atom. The summed E-state index contributed by atoms with van der Waals surface area (Å²) >= 11 is 7.83. The molecular weight excluding hydrogens is 902 g/mol. The summed E-state index contributed by atoms with van der Waals surface area (Å²) in [4.78, 5) is 61.1. The van der Waals surface area contributed by atoms with Gasteiger partial charge in [-0.1, -0.05) is 84.3 Å². The quantitative estimate of drug-likeness (QED) is 0.0724. The van der Waals surface area contributed by atoms with Gasteiger partial charge in [-0.2, -0.15) is 5.26 Å². The maximum atomic E-state index is 14.1. The van der Waals surface area contributed by atoms with E-state index in [4.69, 9.17) is 25.8 Å². The van der Waals surface area contributed by atoms with Gasteiger partial charge in [-0.05, 0) is 92.5 Å². The molecule has 1 aliphatic carbocycles. The van der Waals surface area contributed by atoms with E-state index in [9.17, 15) is 29.5 Å². The molecule has 0 bridgehead atoms. The number of halogens is 1. The molecule has 4 atom stereocenters. The van der Waals surface area contributed by atoms with Gasteiger partial charge in [-0.15, -0.1) is 11.3 Å². The molecule has 3 aromatic carbocycles. The van der Waals surface area contributed by atoms with Gasteiger partial charge in [0.2, 0.25) is 11.8 Å². The van der Waals surface area contributed by atoms with Crippen LogP contribution in [0.25, 0.3) is 10.4 Å². The summed E-state index contributed by atoms with van der Waals surface area (Å²) in [5.41, 5.74) is 4.32. The Kier molecular flexibility index (Phi) is 16.8. The van der Waals surface area contributed by atoms with Gasteiger partial charge in [-0.25, -0.2) is 4.98 Å². The molecule has 6 rings (SSSR count). The fourth-order valence-corrected chi connectivity index (χ4v) is 10.8. The number of hydrogen-bond donors (Lipinski definition) is 3. The molecule has 3 amide bonds. The minimum atomic E-state index is -0.935. The standard InChI is InChI=1S/C53H66ClN5O8S/c1-32(12-10-11-25-65-39-21-18-36(19-22-39)47(63)58-49-52(6,7)50(53(49,8)9)67-40-23-20-37(28-55)41(54)27-40)66-30-44(62)57-46(51(3,4)5)48(64)59-29-38(60)26-42(59)43(61)24-15-34-13-16-35(17-14-34)45-33(2)56-31-68-45/h13-14,16-23,27,31-32,38,42,46,49-50,60H,10-12,15,24-26,29-30H2,1-9H3,(H,57,62)(H,58,63)/t32-,38+,42-,46+,49?,50?/m0/s1. The summed E-state index contributed by atoms with van der Waals surface area (Å²) in [5, 5.41) is 26.2. The highest BCUT2D eigenvalue weighted by atomic mass is 35.5. The molecule has 2 heterocycles. The molecule has 68 heavy (non-hydrogen) atoms. The first-order valence-corrected chi connectivity index (χ1v) is 24.7. The number of aliphatic hydroxyl groups excluding tert-OH is 1. The van der Waals surface area contributed by atoms with Crippen molar-refractivity contribution in [2.45, 2.75) is 137 Å². The SMILES string of the molecule is Cc1ncsc1-c1ccc(CCC(=O)[C@@H]2C[C@@H](O)CN2C(=O)[C@@H](NC(=O)CO[C@@H](C)CCCCOc2ccc(C(=O)NC3C(C)(C)C(Oc4ccc(C#N)c(Cl)c4)C3(C)C)cc2)C(C)(C)C)cc1. The summed E-state index contributed by atoms with van der Waals surface area (Å²) in [7, 11) is 0. The highest BCUT2D eigenvalue weighted by Crippen LogP contribution is 2.55. The number of thiazole rings is 1. The molecule has 1 aliphatic heterocycles. The number of Topliss-reactive ketones (excluding diaryl/α,β-unsaturated/α-hetero) is 1. The monoisotopic (exact) mass is 967 g/mol. The number of aromatic nitrogens is 1. The number of β-amino-alcohol motifs (C(OH)–C–C–N with tert-alkyl or cyclic N) is 1. The highest BCUT2D eigenvalue weighted by molar-refractivity contribution is 7.13. The highest BCUT2D eigenvalue weighted by Gasteiger charge is 2.64. The fourth-order valence-electron chi connectivity index (χ4n) is 9.75. The Morgan fingerprint density at radius 3 is 2.29 bits per heavy atom. The summed E-state index contributed by atoms with van der Waals surface area (Å²) < 4.78 is 18.2. The van der Waals surface area contributed by atoms with Crippen molar-refractivity contribution in [3.05, 3.63) is 99.6 Å². The van der Waals surface area contributed by atoms with Crippen LogP contribution in [0.2, 0.25) is 5.02 Å². The van der Waals surface area contributed by atoms with Crippen molar-refractivity contribution in [2.24, 2.45) is 16.2 Å². The number of nitriles is 1. The number of nitrogens with one attached hydrogen (secondary N) is 2. The molecule has 364 valence electrons. The Balaban J connectivity index is 0.895. The van der Waals surface area contributed by atoms with Crippen molar-refractivity contribution in [3.63, 3.8) is 0 Å². The molecule has 0 spiro atoms. The third-order valence-corrected chi connectivity index (χ3v) is 14.6. The Labute approximate surface area is 409 Å². The Hall–Kier alpha value is -5.33. The molecule has 0 unspecified atom stereocenters. The normalized spacial score (nSPS) is 20.4. The van der Waals surface area contributed by atoms with Crippen LogP contribution in [0.3, 0.4) is 0 Å². The molecule has 1 saturated carbocycles. The molecule has 15 heteroatoms. The maximum absolute atomic E-state index is 14.1. The number of ether oxygens (including phenoxy) is 3. The second-order valence-electron chi connectivity index (χ2n) is 20.5. The number of unbranched alkanes of at least 4 members (excludes halogenated alkanes) is 1. The molecule has 1 aromatic heterocycles. The van der Waals surface area contributed by atoms with Gasteiger partial charge in [0, 0.05) is 47.9 Å². The summed E-state index contributed by atoms with van der Waals surface area (Å²) in [6, 6.07) is 20.3. The summed E-state index contributed by atoms with van der Waals surface area (Å²) in [5.74, 6) is 0.0758. The number of aryl methyl sites for hydroxylation is 2. The van der Waals surface area contributed by atoms with Crippen LogP contribution in [0.1, 0.15) is 115 Å². The van der Waals surface area contributed by atoms with Gasteiger partial charge in [-0.3, -0.25) is 19.2 Å². The zero-order chi connectivity index (χ0) is 49.6. The number of rotatable bonds is 20. The van der Waals surface area contributed by atoms with Gasteiger partial charge < -0.3 is 34.9 Å². The van der Waals surface area contributed by atoms with Crippen LogP contribution in [0.15, 0.2) is 72.2 Å². The minimum Gasteiger partial charge on any atom is -0.494 e. The molecule has 2 aliphatic rings. The van der Waals surface area contributed by atoms with Gasteiger partial charge in [0.05, 0.1) is 51.5 Å². The van der Waals surface area contributed by atoms with E-state index in [0.717, 1.165) is 34.5 Å². The van der Waals surface area contributed by atoms with Crippen molar-refractivity contribution in [1.82, 2.24) is 20.5 Å². The van der Waals surface area contributed by atoms with Crippen LogP contribution in [0.4, 0.5) is 0 Å². The second kappa shape index (κ2) is 22.0. The number of carbonyl (C=O) groups excluding carboxylic acids is 4. The number of ketones is 1. The second-order valence-corrected chi connectivity index (χ2v) is 21.7. The zero-order valence-corrected chi connectivity index (χ0v) is 42.3. The summed E-state index contributed by atoms with van der Waals surface area (Å²) in [6.45, 7) is 17.9. The van der Waals surface area contributed by atoms with E-state index in [-0.39, 0.29) is 66.8 Å². The smallest absolute Gasteiger partial charge is 0.251 e. The van der Waals surface area contributed by atoms with Crippen LogP contribution in [0, 0.1) is 34.5 Å². The van der Waals surface area contributed by atoms with Gasteiger partial charge in [0.15, 0.2) is 5.78 Å². The number of aliphatic hydroxyl groups is 1. The first-order chi connectivity index (χ1) is 32.1. The lowest BCUT2D eigenvalue weighted by atomic mass is 9.49. The predicted molar refractivity (Wildman–Crippen MR) is 264 cm³/mol. The lowest BCUT2D eigenvalue weighted by Gasteiger charge is -2.63. The van der Waals surface area contributed by atoms with Crippen molar-refractivity contribution in [1.29, 1.82) is 5.26 Å². The molecule has 13 nitrogen and oxygen atoms in total. The van der Waals surface area contributed by atoms with Gasteiger partial charge >= 0.3 is 0 Å². The average molecular weight is 969 g/mol. The van der Waals surface area contributed by atoms with Crippen molar-refractivity contribution in [3.8, 4) is 28.0 Å². The van der Waals surface area contributed by atoms with Crippen LogP contribution in [-0.4, -0.2) is 94.7 Å². The van der Waals surface area contributed by atoms with Crippen molar-refractivity contribution >= 4 is 46.4 Å². The molecule has 2 fully saturated rings. The topological polar surface area (TPSA) is 180 Å². The number of amides is 3. The van der Waals surface area contributed by atoms with E-state index in [1.165, 1.54) is 4.90 Å². The Morgan fingerprint density at radius 2 is 1.68 bits per heavy atom. The summed E-state index contributed by atoms with van der Waals surface area (Å²) in [6.07, 6.45) is 1.82.